The first kappa shape index (κ1) is 10.2. The zero-order chi connectivity index (χ0) is 8.85. The molecule has 0 atom stereocenters. The highest BCUT2D eigenvalue weighted by Gasteiger charge is 2.01. The van der Waals surface area contributed by atoms with E-state index in [1.54, 1.807) is 6.21 Å². The molecule has 0 fully saturated rings. The molecule has 0 saturated carbocycles. The van der Waals surface area contributed by atoms with Crippen molar-refractivity contribution < 1.29 is 0 Å². The molecule has 0 rings (SSSR count). The fourth-order valence-electron chi connectivity index (χ4n) is 0.858. The lowest BCUT2D eigenvalue weighted by Gasteiger charge is -2.16. The standard InChI is InChI=1S/C9H18N2/c1-6-10-11(5)9(4)7-8(2)3/h6,8H,4,7H2,1-3,5H3/b10-6-. The molecular formula is C9H18N2. The van der Waals surface area contributed by atoms with Crippen molar-refractivity contribution in [3.63, 3.8) is 0 Å². The van der Waals surface area contributed by atoms with Crippen molar-refractivity contribution in [2.75, 3.05) is 7.05 Å². The Hall–Kier alpha value is -0.790. The van der Waals surface area contributed by atoms with Crippen LogP contribution in [0.3, 0.4) is 0 Å². The van der Waals surface area contributed by atoms with Gasteiger partial charge >= 0.3 is 0 Å². The average Bonchev–Trinajstić information content (AvgIpc) is 1.86. The first-order chi connectivity index (χ1) is 5.07. The van der Waals surface area contributed by atoms with Crippen LogP contribution in [0.4, 0.5) is 0 Å². The Morgan fingerprint density at radius 2 is 2.18 bits per heavy atom. The van der Waals surface area contributed by atoms with Crippen LogP contribution in [0.15, 0.2) is 17.4 Å². The molecule has 11 heavy (non-hydrogen) atoms. The van der Waals surface area contributed by atoms with Gasteiger partial charge in [0.05, 0.1) is 0 Å². The molecule has 0 radical (unpaired) electrons. The second-order valence-corrected chi connectivity index (χ2v) is 3.06. The minimum absolute atomic E-state index is 0.650. The maximum atomic E-state index is 4.09. The van der Waals surface area contributed by atoms with E-state index in [4.69, 9.17) is 0 Å². The van der Waals surface area contributed by atoms with Gasteiger partial charge in [-0.3, -0.25) is 5.01 Å². The number of rotatable bonds is 4. The first-order valence-electron chi connectivity index (χ1n) is 3.98. The number of hydrazone groups is 1. The first-order valence-corrected chi connectivity index (χ1v) is 3.98. The van der Waals surface area contributed by atoms with E-state index in [0.29, 0.717) is 5.92 Å². The van der Waals surface area contributed by atoms with Crippen molar-refractivity contribution in [2.24, 2.45) is 11.0 Å². The van der Waals surface area contributed by atoms with Gasteiger partial charge in [0.25, 0.3) is 0 Å². The molecular weight excluding hydrogens is 136 g/mol. The normalized spacial score (nSPS) is 11.0. The molecule has 0 aliphatic heterocycles. The lowest BCUT2D eigenvalue weighted by atomic mass is 10.1. The van der Waals surface area contributed by atoms with Gasteiger partial charge in [-0.2, -0.15) is 5.10 Å². The van der Waals surface area contributed by atoms with Crippen molar-refractivity contribution in [1.29, 1.82) is 0 Å². The molecule has 0 N–H and O–H groups in total. The molecule has 2 heteroatoms. The van der Waals surface area contributed by atoms with Crippen LogP contribution in [0.25, 0.3) is 0 Å². The van der Waals surface area contributed by atoms with Crippen LogP contribution in [0, 0.1) is 5.92 Å². The lowest BCUT2D eigenvalue weighted by Crippen LogP contribution is -2.11. The molecule has 0 spiro atoms. The molecule has 0 aromatic rings. The summed E-state index contributed by atoms with van der Waals surface area (Å²) in [5.74, 6) is 0.650. The van der Waals surface area contributed by atoms with Gasteiger partial charge in [0.15, 0.2) is 0 Å². The minimum atomic E-state index is 0.650. The third-order valence-electron chi connectivity index (χ3n) is 1.39. The number of allylic oxidation sites excluding steroid dienone is 1. The van der Waals surface area contributed by atoms with Crippen molar-refractivity contribution in [2.45, 2.75) is 27.2 Å². The molecule has 64 valence electrons. The van der Waals surface area contributed by atoms with Crippen molar-refractivity contribution >= 4 is 6.21 Å². The Labute approximate surface area is 69.6 Å². The van der Waals surface area contributed by atoms with Gasteiger partial charge in [0.1, 0.15) is 0 Å². The van der Waals surface area contributed by atoms with E-state index in [0.717, 1.165) is 12.1 Å². The summed E-state index contributed by atoms with van der Waals surface area (Å²) in [4.78, 5) is 0. The SMILES string of the molecule is C=C(CC(C)C)N(C)/N=C\C. The second kappa shape index (κ2) is 4.94. The number of hydrogen-bond acceptors (Lipinski definition) is 2. The molecule has 0 heterocycles. The van der Waals surface area contributed by atoms with Gasteiger partial charge in [0, 0.05) is 19.0 Å². The monoisotopic (exact) mass is 154 g/mol. The summed E-state index contributed by atoms with van der Waals surface area (Å²) in [6.07, 6.45) is 2.78. The molecule has 0 amide bonds. The van der Waals surface area contributed by atoms with E-state index >= 15 is 0 Å². The van der Waals surface area contributed by atoms with Gasteiger partial charge in [-0.25, -0.2) is 0 Å². The van der Waals surface area contributed by atoms with Gasteiger partial charge < -0.3 is 0 Å². The van der Waals surface area contributed by atoms with Gasteiger partial charge in [-0.1, -0.05) is 20.4 Å². The average molecular weight is 154 g/mol. The maximum Gasteiger partial charge on any atom is 0.0299 e. The van der Waals surface area contributed by atoms with Gasteiger partial charge in [0.2, 0.25) is 0 Å². The highest BCUT2D eigenvalue weighted by atomic mass is 15.4. The van der Waals surface area contributed by atoms with E-state index in [2.05, 4.69) is 25.5 Å². The van der Waals surface area contributed by atoms with Crippen LogP contribution in [0.2, 0.25) is 0 Å². The third kappa shape index (κ3) is 4.59. The molecule has 0 aliphatic carbocycles. The van der Waals surface area contributed by atoms with Crippen LogP contribution < -0.4 is 0 Å². The third-order valence-corrected chi connectivity index (χ3v) is 1.39. The molecule has 0 aromatic carbocycles. The molecule has 0 unspecified atom stereocenters. The summed E-state index contributed by atoms with van der Waals surface area (Å²) in [7, 11) is 1.92. The van der Waals surface area contributed by atoms with Crippen LogP contribution in [-0.4, -0.2) is 18.3 Å². The maximum absolute atomic E-state index is 4.09. The van der Waals surface area contributed by atoms with Crippen LogP contribution in [-0.2, 0) is 0 Å². The number of hydrogen-bond donors (Lipinski definition) is 0. The zero-order valence-corrected chi connectivity index (χ0v) is 7.96. The van der Waals surface area contributed by atoms with E-state index in [1.165, 1.54) is 0 Å². The zero-order valence-electron chi connectivity index (χ0n) is 7.96. The topological polar surface area (TPSA) is 15.6 Å². The predicted molar refractivity (Wildman–Crippen MR) is 50.5 cm³/mol. The predicted octanol–water partition coefficient (Wildman–Crippen LogP) is 2.48. The summed E-state index contributed by atoms with van der Waals surface area (Å²) in [5.41, 5.74) is 1.07. The summed E-state index contributed by atoms with van der Waals surface area (Å²) in [6, 6.07) is 0. The smallest absolute Gasteiger partial charge is 0.0299 e. The fourth-order valence-corrected chi connectivity index (χ4v) is 0.858. The van der Waals surface area contributed by atoms with Gasteiger partial charge in [-0.05, 0) is 19.3 Å². The van der Waals surface area contributed by atoms with E-state index in [9.17, 15) is 0 Å². The lowest BCUT2D eigenvalue weighted by molar-refractivity contribution is 0.408. The Kier molecular flexibility index (Phi) is 4.59. The Bertz CT molecular complexity index is 148. The van der Waals surface area contributed by atoms with E-state index < -0.39 is 0 Å². The summed E-state index contributed by atoms with van der Waals surface area (Å²) in [5, 5.41) is 5.91. The second-order valence-electron chi connectivity index (χ2n) is 3.06. The van der Waals surface area contributed by atoms with E-state index in [-0.39, 0.29) is 0 Å². The summed E-state index contributed by atoms with van der Waals surface area (Å²) < 4.78 is 0. The molecule has 0 saturated heterocycles. The summed E-state index contributed by atoms with van der Waals surface area (Å²) in [6.45, 7) is 10.2. The molecule has 0 aliphatic rings. The quantitative estimate of drug-likeness (QED) is 0.448. The highest BCUT2D eigenvalue weighted by molar-refractivity contribution is 5.52. The Morgan fingerprint density at radius 3 is 2.55 bits per heavy atom. The van der Waals surface area contributed by atoms with Crippen LogP contribution >= 0.6 is 0 Å². The molecule has 0 bridgehead atoms. The minimum Gasteiger partial charge on any atom is -0.274 e. The van der Waals surface area contributed by atoms with Gasteiger partial charge in [-0.15, -0.1) is 0 Å². The van der Waals surface area contributed by atoms with Crippen LogP contribution in [0.1, 0.15) is 27.2 Å². The van der Waals surface area contributed by atoms with Crippen LogP contribution in [0.5, 0.6) is 0 Å². The Morgan fingerprint density at radius 1 is 1.64 bits per heavy atom. The van der Waals surface area contributed by atoms with E-state index in [1.807, 2.05) is 19.0 Å². The van der Waals surface area contributed by atoms with Crippen molar-refractivity contribution in [3.05, 3.63) is 12.3 Å². The largest absolute Gasteiger partial charge is 0.274 e. The Balaban J connectivity index is 3.83. The number of nitrogens with zero attached hydrogens (tertiary/aromatic N) is 2. The fraction of sp³-hybridized carbons (Fsp3) is 0.667. The van der Waals surface area contributed by atoms with Crippen molar-refractivity contribution in [1.82, 2.24) is 5.01 Å². The highest BCUT2D eigenvalue weighted by Crippen LogP contribution is 2.11. The van der Waals surface area contributed by atoms with Crippen molar-refractivity contribution in [3.8, 4) is 0 Å². The molecule has 2 nitrogen and oxygen atoms in total. The molecule has 0 aromatic heterocycles. The summed E-state index contributed by atoms with van der Waals surface area (Å²) >= 11 is 0.